The fraction of sp³-hybridized carbons (Fsp3) is 0.600. The van der Waals surface area contributed by atoms with Crippen molar-refractivity contribution in [3.63, 3.8) is 0 Å². The lowest BCUT2D eigenvalue weighted by Gasteiger charge is -2.33. The molecule has 3 N–H and O–H groups in total. The number of hydrogen-bond donors (Lipinski definition) is 2. The van der Waals surface area contributed by atoms with Crippen LogP contribution < -0.4 is 11.3 Å². The molecule has 4 heteroatoms. The Bertz CT molecular complexity index is 448. The van der Waals surface area contributed by atoms with Gasteiger partial charge in [-0.3, -0.25) is 11.3 Å². The van der Waals surface area contributed by atoms with E-state index in [2.05, 4.69) is 12.3 Å². The van der Waals surface area contributed by atoms with Crippen LogP contribution in [0, 0.1) is 30.4 Å². The Balaban J connectivity index is 2.28. The highest BCUT2D eigenvalue weighted by molar-refractivity contribution is 5.28. The minimum Gasteiger partial charge on any atom is -0.271 e. The van der Waals surface area contributed by atoms with Gasteiger partial charge in [0.1, 0.15) is 11.6 Å². The van der Waals surface area contributed by atoms with E-state index < -0.39 is 11.6 Å². The second-order valence-corrected chi connectivity index (χ2v) is 5.80. The molecule has 19 heavy (non-hydrogen) atoms. The van der Waals surface area contributed by atoms with Crippen molar-refractivity contribution >= 4 is 0 Å². The van der Waals surface area contributed by atoms with Crippen LogP contribution >= 0.6 is 0 Å². The van der Waals surface area contributed by atoms with Gasteiger partial charge >= 0.3 is 0 Å². The largest absolute Gasteiger partial charge is 0.271 e. The SMILES string of the molecule is Cc1cc(C(NN)C2CCCC(C)C2)c(F)cc1F. The number of hydrogen-bond acceptors (Lipinski definition) is 2. The third-order valence-electron chi connectivity index (χ3n) is 4.24. The number of hydrazine groups is 1. The van der Waals surface area contributed by atoms with Gasteiger partial charge in [0.15, 0.2) is 0 Å². The molecule has 0 spiro atoms. The van der Waals surface area contributed by atoms with Gasteiger partial charge in [-0.15, -0.1) is 0 Å². The first-order valence-corrected chi connectivity index (χ1v) is 6.94. The molecule has 0 amide bonds. The van der Waals surface area contributed by atoms with E-state index in [0.29, 0.717) is 23.0 Å². The fourth-order valence-electron chi connectivity index (χ4n) is 3.18. The van der Waals surface area contributed by atoms with Crippen LogP contribution in [0.2, 0.25) is 0 Å². The lowest BCUT2D eigenvalue weighted by molar-refractivity contribution is 0.221. The minimum absolute atomic E-state index is 0.234. The molecule has 1 aromatic rings. The molecule has 2 nitrogen and oxygen atoms in total. The van der Waals surface area contributed by atoms with E-state index in [0.717, 1.165) is 25.3 Å². The predicted molar refractivity (Wildman–Crippen MR) is 72.3 cm³/mol. The Hall–Kier alpha value is -1.00. The van der Waals surface area contributed by atoms with Gasteiger partial charge in [0, 0.05) is 11.6 Å². The zero-order chi connectivity index (χ0) is 14.0. The Labute approximate surface area is 113 Å². The average molecular weight is 268 g/mol. The van der Waals surface area contributed by atoms with Gasteiger partial charge in [-0.05, 0) is 43.2 Å². The third-order valence-corrected chi connectivity index (χ3v) is 4.24. The molecule has 0 aromatic heterocycles. The van der Waals surface area contributed by atoms with Gasteiger partial charge in [-0.1, -0.05) is 19.8 Å². The molecule has 0 heterocycles. The lowest BCUT2D eigenvalue weighted by Crippen LogP contribution is -2.36. The fourth-order valence-corrected chi connectivity index (χ4v) is 3.18. The highest BCUT2D eigenvalue weighted by Gasteiger charge is 2.29. The van der Waals surface area contributed by atoms with Crippen LogP contribution in [0.3, 0.4) is 0 Å². The van der Waals surface area contributed by atoms with Gasteiger partial charge in [0.2, 0.25) is 0 Å². The zero-order valence-corrected chi connectivity index (χ0v) is 11.5. The summed E-state index contributed by atoms with van der Waals surface area (Å²) in [6.45, 7) is 3.86. The number of rotatable bonds is 3. The molecule has 1 aliphatic rings. The van der Waals surface area contributed by atoms with Gasteiger partial charge in [0.25, 0.3) is 0 Å². The normalized spacial score (nSPS) is 25.3. The molecular formula is C15H22F2N2. The standard InChI is InChI=1S/C15H22F2N2/c1-9-4-3-5-11(6-9)15(19-18)12-7-10(2)13(16)8-14(12)17/h7-9,11,15,19H,3-6,18H2,1-2H3. The summed E-state index contributed by atoms with van der Waals surface area (Å²) in [5.41, 5.74) is 3.68. The highest BCUT2D eigenvalue weighted by Crippen LogP contribution is 2.37. The summed E-state index contributed by atoms with van der Waals surface area (Å²) in [6, 6.07) is 2.30. The second kappa shape index (κ2) is 5.97. The van der Waals surface area contributed by atoms with Crippen LogP contribution in [-0.4, -0.2) is 0 Å². The summed E-state index contributed by atoms with van der Waals surface area (Å²) in [4.78, 5) is 0. The monoisotopic (exact) mass is 268 g/mol. The van der Waals surface area contributed by atoms with Crippen LogP contribution in [0.1, 0.15) is 49.8 Å². The summed E-state index contributed by atoms with van der Waals surface area (Å²) >= 11 is 0. The first-order chi connectivity index (χ1) is 9.02. The molecule has 0 aliphatic heterocycles. The number of benzene rings is 1. The molecule has 1 fully saturated rings. The van der Waals surface area contributed by atoms with Crippen molar-refractivity contribution in [2.45, 2.75) is 45.6 Å². The van der Waals surface area contributed by atoms with Crippen molar-refractivity contribution in [2.24, 2.45) is 17.7 Å². The van der Waals surface area contributed by atoms with Crippen LogP contribution in [0.4, 0.5) is 8.78 Å². The topological polar surface area (TPSA) is 38.0 Å². The molecular weight excluding hydrogens is 246 g/mol. The van der Waals surface area contributed by atoms with Crippen molar-refractivity contribution in [1.29, 1.82) is 0 Å². The maximum Gasteiger partial charge on any atom is 0.130 e. The molecule has 0 saturated heterocycles. The zero-order valence-electron chi connectivity index (χ0n) is 11.5. The number of aryl methyl sites for hydroxylation is 1. The van der Waals surface area contributed by atoms with Crippen LogP contribution in [0.25, 0.3) is 0 Å². The van der Waals surface area contributed by atoms with Crippen LogP contribution in [0.5, 0.6) is 0 Å². The van der Waals surface area contributed by atoms with Crippen LogP contribution in [-0.2, 0) is 0 Å². The summed E-state index contributed by atoms with van der Waals surface area (Å²) in [7, 11) is 0. The first-order valence-electron chi connectivity index (χ1n) is 6.94. The van der Waals surface area contributed by atoms with Crippen molar-refractivity contribution in [1.82, 2.24) is 5.43 Å². The summed E-state index contributed by atoms with van der Waals surface area (Å²) in [5, 5.41) is 0. The molecule has 3 atom stereocenters. The Kier molecular flexibility index (Phi) is 4.53. The number of nitrogens with one attached hydrogen (secondary N) is 1. The quantitative estimate of drug-likeness (QED) is 0.649. The second-order valence-electron chi connectivity index (χ2n) is 5.80. The van der Waals surface area contributed by atoms with Gasteiger partial charge in [-0.25, -0.2) is 8.78 Å². The van der Waals surface area contributed by atoms with Crippen molar-refractivity contribution in [3.05, 3.63) is 34.9 Å². The molecule has 1 aromatic carbocycles. The highest BCUT2D eigenvalue weighted by atomic mass is 19.1. The molecule has 1 saturated carbocycles. The van der Waals surface area contributed by atoms with E-state index in [9.17, 15) is 8.78 Å². The average Bonchev–Trinajstić information content (AvgIpc) is 2.36. The number of nitrogens with two attached hydrogens (primary N) is 1. The molecule has 2 rings (SSSR count). The number of halogens is 2. The third kappa shape index (κ3) is 3.12. The molecule has 106 valence electrons. The maximum atomic E-state index is 14.0. The lowest BCUT2D eigenvalue weighted by atomic mass is 9.76. The van der Waals surface area contributed by atoms with Crippen LogP contribution in [0.15, 0.2) is 12.1 Å². The molecule has 0 bridgehead atoms. The minimum atomic E-state index is -0.510. The maximum absolute atomic E-state index is 14.0. The Morgan fingerprint density at radius 1 is 1.26 bits per heavy atom. The van der Waals surface area contributed by atoms with Crippen molar-refractivity contribution in [3.8, 4) is 0 Å². The molecule has 1 aliphatic carbocycles. The van der Waals surface area contributed by atoms with E-state index in [1.165, 1.54) is 6.42 Å². The van der Waals surface area contributed by atoms with E-state index >= 15 is 0 Å². The van der Waals surface area contributed by atoms with Gasteiger partial charge < -0.3 is 0 Å². The van der Waals surface area contributed by atoms with E-state index in [4.69, 9.17) is 5.84 Å². The smallest absolute Gasteiger partial charge is 0.130 e. The van der Waals surface area contributed by atoms with E-state index in [-0.39, 0.29) is 6.04 Å². The Morgan fingerprint density at radius 2 is 2.00 bits per heavy atom. The Morgan fingerprint density at radius 3 is 2.63 bits per heavy atom. The first kappa shape index (κ1) is 14.4. The van der Waals surface area contributed by atoms with Crippen molar-refractivity contribution < 1.29 is 8.78 Å². The van der Waals surface area contributed by atoms with Gasteiger partial charge in [0.05, 0.1) is 6.04 Å². The summed E-state index contributed by atoms with van der Waals surface area (Å²) in [6.07, 6.45) is 4.43. The van der Waals surface area contributed by atoms with E-state index in [1.54, 1.807) is 13.0 Å². The van der Waals surface area contributed by atoms with Gasteiger partial charge in [-0.2, -0.15) is 0 Å². The predicted octanol–water partition coefficient (Wildman–Crippen LogP) is 3.60. The molecule has 0 radical (unpaired) electrons. The van der Waals surface area contributed by atoms with Crippen molar-refractivity contribution in [2.75, 3.05) is 0 Å². The summed E-state index contributed by atoms with van der Waals surface area (Å²) in [5.74, 6) is 5.56. The van der Waals surface area contributed by atoms with E-state index in [1.807, 2.05) is 0 Å². The molecule has 3 unspecified atom stereocenters. The summed E-state index contributed by atoms with van der Waals surface area (Å²) < 4.78 is 27.3.